The van der Waals surface area contributed by atoms with E-state index in [0.717, 1.165) is 5.56 Å². The van der Waals surface area contributed by atoms with Gasteiger partial charge < -0.3 is 5.73 Å². The first-order chi connectivity index (χ1) is 7.63. The minimum atomic E-state index is -0.417. The van der Waals surface area contributed by atoms with Crippen molar-refractivity contribution in [2.24, 2.45) is 0 Å². The van der Waals surface area contributed by atoms with Gasteiger partial charge in [-0.2, -0.15) is 10.4 Å². The lowest BCUT2D eigenvalue weighted by atomic mass is 10.2. The summed E-state index contributed by atoms with van der Waals surface area (Å²) >= 11 is 0. The minimum absolute atomic E-state index is 0.144. The second kappa shape index (κ2) is 3.66. The Morgan fingerprint density at radius 2 is 2.25 bits per heavy atom. The fourth-order valence-corrected chi connectivity index (χ4v) is 1.42. The van der Waals surface area contributed by atoms with Crippen LogP contribution < -0.4 is 5.73 Å². The molecule has 80 valence electrons. The maximum absolute atomic E-state index is 13.6. The first-order valence-electron chi connectivity index (χ1n) is 4.63. The summed E-state index contributed by atoms with van der Waals surface area (Å²) in [4.78, 5) is 0. The quantitative estimate of drug-likeness (QED) is 0.789. The van der Waals surface area contributed by atoms with Crippen molar-refractivity contribution in [3.8, 4) is 11.8 Å². The lowest BCUT2D eigenvalue weighted by Crippen LogP contribution is -2.04. The van der Waals surface area contributed by atoms with E-state index in [1.165, 1.54) is 16.9 Å². The van der Waals surface area contributed by atoms with E-state index in [1.807, 2.05) is 6.07 Å². The van der Waals surface area contributed by atoms with Crippen molar-refractivity contribution in [1.29, 1.82) is 5.26 Å². The number of nitrogen functional groups attached to an aromatic ring is 1. The predicted molar refractivity (Wildman–Crippen MR) is 57.4 cm³/mol. The summed E-state index contributed by atoms with van der Waals surface area (Å²) in [6, 6.07) is 6.61. The number of hydrogen-bond acceptors (Lipinski definition) is 3. The summed E-state index contributed by atoms with van der Waals surface area (Å²) in [5, 5.41) is 12.6. The van der Waals surface area contributed by atoms with Gasteiger partial charge in [-0.15, -0.1) is 0 Å². The van der Waals surface area contributed by atoms with Crippen LogP contribution in [0.4, 0.5) is 10.2 Å². The Labute approximate surface area is 91.7 Å². The molecule has 2 rings (SSSR count). The largest absolute Gasteiger partial charge is 0.382 e. The number of rotatable bonds is 1. The molecule has 1 heterocycles. The third-order valence-electron chi connectivity index (χ3n) is 2.26. The molecule has 0 aliphatic carbocycles. The summed E-state index contributed by atoms with van der Waals surface area (Å²) < 4.78 is 14.8. The van der Waals surface area contributed by atoms with E-state index < -0.39 is 5.82 Å². The fraction of sp³-hybridized carbons (Fsp3) is 0.0909. The Kier molecular flexibility index (Phi) is 2.33. The molecular formula is C11H9FN4. The molecule has 0 fully saturated rings. The van der Waals surface area contributed by atoms with Crippen LogP contribution in [0.15, 0.2) is 24.4 Å². The highest BCUT2D eigenvalue weighted by Gasteiger charge is 2.11. The van der Waals surface area contributed by atoms with Crippen molar-refractivity contribution < 1.29 is 4.39 Å². The highest BCUT2D eigenvalue weighted by Crippen LogP contribution is 2.19. The molecule has 0 amide bonds. The molecule has 0 saturated heterocycles. The summed E-state index contributed by atoms with van der Waals surface area (Å²) in [7, 11) is 0. The molecule has 0 aliphatic rings. The highest BCUT2D eigenvalue weighted by atomic mass is 19.1. The number of nitrogens with two attached hydrogens (primary N) is 1. The minimum Gasteiger partial charge on any atom is -0.382 e. The Morgan fingerprint density at radius 3 is 2.81 bits per heavy atom. The van der Waals surface area contributed by atoms with Gasteiger partial charge in [-0.05, 0) is 24.6 Å². The van der Waals surface area contributed by atoms with E-state index in [-0.39, 0.29) is 17.1 Å². The molecule has 0 radical (unpaired) electrons. The molecule has 5 heteroatoms. The average Bonchev–Trinajstić information content (AvgIpc) is 2.60. The third kappa shape index (κ3) is 1.50. The normalized spacial score (nSPS) is 10.1. The Morgan fingerprint density at radius 1 is 1.50 bits per heavy atom. The molecule has 0 unspecified atom stereocenters. The van der Waals surface area contributed by atoms with Crippen molar-refractivity contribution in [2.75, 3.05) is 5.73 Å². The van der Waals surface area contributed by atoms with Crippen LogP contribution in [0.2, 0.25) is 0 Å². The van der Waals surface area contributed by atoms with Crippen molar-refractivity contribution in [2.45, 2.75) is 6.92 Å². The number of hydrogen-bond donors (Lipinski definition) is 1. The van der Waals surface area contributed by atoms with E-state index in [0.29, 0.717) is 0 Å². The third-order valence-corrected chi connectivity index (χ3v) is 2.26. The molecule has 4 nitrogen and oxygen atoms in total. The number of halogens is 1. The van der Waals surface area contributed by atoms with E-state index in [1.54, 1.807) is 19.1 Å². The zero-order chi connectivity index (χ0) is 11.7. The highest BCUT2D eigenvalue weighted by molar-refractivity contribution is 5.53. The zero-order valence-electron chi connectivity index (χ0n) is 8.61. The maximum atomic E-state index is 13.6. The Balaban J connectivity index is 2.60. The van der Waals surface area contributed by atoms with Gasteiger partial charge in [0.2, 0.25) is 0 Å². The second-order valence-electron chi connectivity index (χ2n) is 3.42. The van der Waals surface area contributed by atoms with E-state index in [9.17, 15) is 4.39 Å². The molecule has 1 aromatic heterocycles. The smallest absolute Gasteiger partial charge is 0.149 e. The number of nitriles is 1. The van der Waals surface area contributed by atoms with E-state index in [2.05, 4.69) is 5.10 Å². The standard InChI is InChI=1S/C11H9FN4/c1-7-2-3-10(9(12)4-7)16-11(14)8(5-13)6-15-16/h2-4,6H,14H2,1H3. The first-order valence-corrected chi connectivity index (χ1v) is 4.63. The number of nitrogens with zero attached hydrogens (tertiary/aromatic N) is 3. The van der Waals surface area contributed by atoms with Crippen molar-refractivity contribution in [3.05, 3.63) is 41.3 Å². The number of benzene rings is 1. The van der Waals surface area contributed by atoms with Crippen molar-refractivity contribution in [3.63, 3.8) is 0 Å². The number of aryl methyl sites for hydroxylation is 1. The number of anilines is 1. The first kappa shape index (κ1) is 10.2. The Bertz CT molecular complexity index is 580. The predicted octanol–water partition coefficient (Wildman–Crippen LogP) is 1.77. The monoisotopic (exact) mass is 216 g/mol. The van der Waals surface area contributed by atoms with Gasteiger partial charge in [0.05, 0.1) is 6.20 Å². The lowest BCUT2D eigenvalue weighted by molar-refractivity contribution is 0.610. The second-order valence-corrected chi connectivity index (χ2v) is 3.42. The molecule has 0 saturated carbocycles. The van der Waals surface area contributed by atoms with Gasteiger partial charge in [0.15, 0.2) is 0 Å². The van der Waals surface area contributed by atoms with Gasteiger partial charge in [-0.1, -0.05) is 6.07 Å². The molecule has 0 aliphatic heterocycles. The van der Waals surface area contributed by atoms with Crippen LogP contribution in [-0.2, 0) is 0 Å². The van der Waals surface area contributed by atoms with Crippen LogP contribution in [0, 0.1) is 24.1 Å². The summed E-state index contributed by atoms with van der Waals surface area (Å²) in [5.41, 5.74) is 6.95. The molecule has 2 N–H and O–H groups in total. The molecule has 0 atom stereocenters. The van der Waals surface area contributed by atoms with Gasteiger partial charge in [-0.25, -0.2) is 9.07 Å². The summed E-state index contributed by atoms with van der Waals surface area (Å²) in [6.07, 6.45) is 1.31. The molecule has 2 aromatic rings. The van der Waals surface area contributed by atoms with Crippen LogP contribution in [0.5, 0.6) is 0 Å². The van der Waals surface area contributed by atoms with Crippen LogP contribution in [-0.4, -0.2) is 9.78 Å². The number of aromatic nitrogens is 2. The van der Waals surface area contributed by atoms with Gasteiger partial charge >= 0.3 is 0 Å². The zero-order valence-corrected chi connectivity index (χ0v) is 8.61. The van der Waals surface area contributed by atoms with Crippen LogP contribution in [0.25, 0.3) is 5.69 Å². The van der Waals surface area contributed by atoms with E-state index in [4.69, 9.17) is 11.0 Å². The topological polar surface area (TPSA) is 67.6 Å². The lowest BCUT2D eigenvalue weighted by Gasteiger charge is -2.05. The molecule has 0 bridgehead atoms. The SMILES string of the molecule is Cc1ccc(-n2ncc(C#N)c2N)c(F)c1. The molecule has 16 heavy (non-hydrogen) atoms. The van der Waals surface area contributed by atoms with Gasteiger partial charge in [-0.3, -0.25) is 0 Å². The van der Waals surface area contributed by atoms with E-state index >= 15 is 0 Å². The van der Waals surface area contributed by atoms with Gasteiger partial charge in [0.25, 0.3) is 0 Å². The molecular weight excluding hydrogens is 207 g/mol. The average molecular weight is 216 g/mol. The van der Waals surface area contributed by atoms with Crippen molar-refractivity contribution >= 4 is 5.82 Å². The van der Waals surface area contributed by atoms with Crippen LogP contribution >= 0.6 is 0 Å². The Hall–Kier alpha value is -2.35. The summed E-state index contributed by atoms with van der Waals surface area (Å²) in [5.74, 6) is -0.274. The maximum Gasteiger partial charge on any atom is 0.149 e. The molecule has 1 aromatic carbocycles. The van der Waals surface area contributed by atoms with Gasteiger partial charge in [0.1, 0.15) is 29.0 Å². The summed E-state index contributed by atoms with van der Waals surface area (Å²) in [6.45, 7) is 1.79. The van der Waals surface area contributed by atoms with Crippen molar-refractivity contribution in [1.82, 2.24) is 9.78 Å². The fourth-order valence-electron chi connectivity index (χ4n) is 1.42. The van der Waals surface area contributed by atoms with Gasteiger partial charge in [0, 0.05) is 0 Å². The molecule has 0 spiro atoms. The van der Waals surface area contributed by atoms with Crippen LogP contribution in [0.1, 0.15) is 11.1 Å². The van der Waals surface area contributed by atoms with Crippen LogP contribution in [0.3, 0.4) is 0 Å².